The Labute approximate surface area is 141 Å². The molecular formula is C16H24N4O4. The second-order valence-corrected chi connectivity index (χ2v) is 5.73. The van der Waals surface area contributed by atoms with E-state index >= 15 is 0 Å². The van der Waals surface area contributed by atoms with E-state index in [-0.39, 0.29) is 18.1 Å². The normalized spacial score (nSPS) is 11.8. The summed E-state index contributed by atoms with van der Waals surface area (Å²) in [6, 6.07) is -0.260. The number of unbranched alkanes of at least 4 members (excludes halogenated alkanes) is 1. The van der Waals surface area contributed by atoms with Gasteiger partial charge >= 0.3 is 0 Å². The summed E-state index contributed by atoms with van der Waals surface area (Å²) in [5, 5.41) is 0. The lowest BCUT2D eigenvalue weighted by atomic mass is 9.86. The van der Waals surface area contributed by atoms with E-state index < -0.39 is 0 Å². The molecule has 0 radical (unpaired) electrons. The zero-order valence-corrected chi connectivity index (χ0v) is 14.6. The van der Waals surface area contributed by atoms with Gasteiger partial charge in [-0.15, -0.1) is 0 Å². The number of aliphatic imine (C=N–C) groups is 4. The molecule has 0 saturated heterocycles. The van der Waals surface area contributed by atoms with Crippen molar-refractivity contribution in [2.24, 2.45) is 25.9 Å². The smallest absolute Gasteiger partial charge is 0.211 e. The molecule has 2 atom stereocenters. The largest absolute Gasteiger partial charge is 0.235 e. The van der Waals surface area contributed by atoms with Crippen molar-refractivity contribution in [1.82, 2.24) is 0 Å². The standard InChI is InChI=1S/C11H18N2O2.C5H6N2O2/c1-10(11(2,3)13-9-15)6-4-5-7-12-8-14;1-5(7-4-9)2-6-3-8/h10H,4-7H2,1-3H3;5H,2H2,1H3. The summed E-state index contributed by atoms with van der Waals surface area (Å²) < 4.78 is 0. The van der Waals surface area contributed by atoms with Crippen molar-refractivity contribution in [2.75, 3.05) is 13.1 Å². The molecule has 8 nitrogen and oxygen atoms in total. The molecule has 0 aliphatic carbocycles. The highest BCUT2D eigenvalue weighted by atomic mass is 16.1. The van der Waals surface area contributed by atoms with Crippen molar-refractivity contribution >= 4 is 24.3 Å². The summed E-state index contributed by atoms with van der Waals surface area (Å²) >= 11 is 0. The molecule has 132 valence electrons. The molecule has 0 amide bonds. The first-order valence-electron chi connectivity index (χ1n) is 7.59. The van der Waals surface area contributed by atoms with Crippen molar-refractivity contribution < 1.29 is 19.2 Å². The van der Waals surface area contributed by atoms with E-state index in [1.807, 2.05) is 13.8 Å². The van der Waals surface area contributed by atoms with E-state index in [0.29, 0.717) is 12.5 Å². The second-order valence-electron chi connectivity index (χ2n) is 5.73. The number of isocyanates is 4. The highest BCUT2D eigenvalue weighted by Crippen LogP contribution is 2.25. The van der Waals surface area contributed by atoms with E-state index in [0.717, 1.165) is 19.3 Å². The van der Waals surface area contributed by atoms with Crippen LogP contribution in [0.25, 0.3) is 0 Å². The molecule has 0 rings (SSSR count). The van der Waals surface area contributed by atoms with Gasteiger partial charge in [-0.1, -0.05) is 13.3 Å². The third-order valence-electron chi connectivity index (χ3n) is 3.45. The van der Waals surface area contributed by atoms with Crippen LogP contribution in [0.3, 0.4) is 0 Å². The van der Waals surface area contributed by atoms with Crippen LogP contribution >= 0.6 is 0 Å². The molecule has 0 saturated carbocycles. The van der Waals surface area contributed by atoms with Crippen molar-refractivity contribution in [1.29, 1.82) is 0 Å². The maximum absolute atomic E-state index is 10.2. The van der Waals surface area contributed by atoms with E-state index in [1.165, 1.54) is 18.2 Å². The van der Waals surface area contributed by atoms with Gasteiger partial charge in [0.15, 0.2) is 0 Å². The summed E-state index contributed by atoms with van der Waals surface area (Å²) in [4.78, 5) is 52.8. The van der Waals surface area contributed by atoms with E-state index in [9.17, 15) is 19.2 Å². The molecule has 8 heteroatoms. The molecule has 24 heavy (non-hydrogen) atoms. The van der Waals surface area contributed by atoms with Crippen molar-refractivity contribution in [3.8, 4) is 0 Å². The van der Waals surface area contributed by atoms with Crippen LogP contribution in [0.5, 0.6) is 0 Å². The SMILES string of the molecule is CC(CCCCN=C=O)C(C)(C)N=C=O.CC(CN=C=O)N=C=O. The van der Waals surface area contributed by atoms with Gasteiger partial charge in [0.05, 0.1) is 24.7 Å². The molecule has 0 aromatic carbocycles. The molecule has 2 unspecified atom stereocenters. The zero-order chi connectivity index (χ0) is 18.8. The Morgan fingerprint density at radius 3 is 2.00 bits per heavy atom. The first-order chi connectivity index (χ1) is 11.4. The molecule has 0 aliphatic heterocycles. The molecule has 0 bridgehead atoms. The lowest BCUT2D eigenvalue weighted by molar-refractivity contribution is 0.320. The zero-order valence-electron chi connectivity index (χ0n) is 14.6. The number of carbonyl (C=O) groups excluding carboxylic acids is 4. The molecule has 0 heterocycles. The lowest BCUT2D eigenvalue weighted by Gasteiger charge is -2.25. The van der Waals surface area contributed by atoms with E-state index in [4.69, 9.17) is 0 Å². The minimum atomic E-state index is -0.352. The Bertz CT molecular complexity index is 536. The molecule has 0 fully saturated rings. The minimum absolute atomic E-state index is 0.207. The first kappa shape index (κ1) is 23.8. The maximum Gasteiger partial charge on any atom is 0.235 e. The topological polar surface area (TPSA) is 118 Å². The van der Waals surface area contributed by atoms with Crippen molar-refractivity contribution in [3.63, 3.8) is 0 Å². The van der Waals surface area contributed by atoms with Gasteiger partial charge in [0.25, 0.3) is 0 Å². The van der Waals surface area contributed by atoms with Crippen LogP contribution in [0.4, 0.5) is 0 Å². The molecule has 0 spiro atoms. The van der Waals surface area contributed by atoms with Crippen LogP contribution in [0, 0.1) is 5.92 Å². The first-order valence-corrected chi connectivity index (χ1v) is 7.59. The summed E-state index contributed by atoms with van der Waals surface area (Å²) in [5.41, 5.74) is -0.352. The number of rotatable bonds is 10. The minimum Gasteiger partial charge on any atom is -0.211 e. The summed E-state index contributed by atoms with van der Waals surface area (Å²) in [6.45, 7) is 8.31. The fraction of sp³-hybridized carbons (Fsp3) is 0.750. The van der Waals surface area contributed by atoms with Crippen LogP contribution in [0.1, 0.15) is 47.0 Å². The third kappa shape index (κ3) is 14.5. The van der Waals surface area contributed by atoms with Crippen molar-refractivity contribution in [2.45, 2.75) is 58.5 Å². The number of hydrogen-bond donors (Lipinski definition) is 0. The monoisotopic (exact) mass is 336 g/mol. The average molecular weight is 336 g/mol. The summed E-state index contributed by atoms with van der Waals surface area (Å²) in [5.74, 6) is 0.319. The van der Waals surface area contributed by atoms with Gasteiger partial charge in [-0.25, -0.2) is 34.2 Å². The Kier molecular flexibility index (Phi) is 15.3. The number of hydrogen-bond acceptors (Lipinski definition) is 8. The Balaban J connectivity index is 0. The highest BCUT2D eigenvalue weighted by molar-refractivity contribution is 5.35. The van der Waals surface area contributed by atoms with Crippen LogP contribution in [-0.2, 0) is 19.2 Å². The van der Waals surface area contributed by atoms with Gasteiger partial charge < -0.3 is 0 Å². The highest BCUT2D eigenvalue weighted by Gasteiger charge is 2.24. The molecule has 0 aromatic heterocycles. The fourth-order valence-corrected chi connectivity index (χ4v) is 1.57. The molecule has 0 aromatic rings. The molecule has 0 aliphatic rings. The van der Waals surface area contributed by atoms with Gasteiger partial charge in [0.2, 0.25) is 24.3 Å². The van der Waals surface area contributed by atoms with Crippen LogP contribution in [-0.4, -0.2) is 49.0 Å². The molecular weight excluding hydrogens is 312 g/mol. The van der Waals surface area contributed by atoms with Gasteiger partial charge in [-0.2, -0.15) is 4.99 Å². The van der Waals surface area contributed by atoms with Crippen LogP contribution in [0.2, 0.25) is 0 Å². The predicted octanol–water partition coefficient (Wildman–Crippen LogP) is 2.29. The maximum atomic E-state index is 10.2. The van der Waals surface area contributed by atoms with Gasteiger partial charge in [-0.3, -0.25) is 0 Å². The average Bonchev–Trinajstić information content (AvgIpc) is 2.53. The Morgan fingerprint density at radius 1 is 0.875 bits per heavy atom. The van der Waals surface area contributed by atoms with E-state index in [2.05, 4.69) is 26.9 Å². The Morgan fingerprint density at radius 2 is 1.50 bits per heavy atom. The van der Waals surface area contributed by atoms with Gasteiger partial charge in [-0.05, 0) is 39.5 Å². The Hall–Kier alpha value is -2.48. The fourth-order valence-electron chi connectivity index (χ4n) is 1.57. The van der Waals surface area contributed by atoms with Gasteiger partial charge in [0.1, 0.15) is 0 Å². The number of nitrogens with zero attached hydrogens (tertiary/aromatic N) is 4. The van der Waals surface area contributed by atoms with Crippen molar-refractivity contribution in [3.05, 3.63) is 0 Å². The third-order valence-corrected chi connectivity index (χ3v) is 3.45. The predicted molar refractivity (Wildman–Crippen MR) is 88.8 cm³/mol. The van der Waals surface area contributed by atoms with E-state index in [1.54, 1.807) is 13.0 Å². The van der Waals surface area contributed by atoms with Crippen LogP contribution in [0.15, 0.2) is 20.0 Å². The lowest BCUT2D eigenvalue weighted by Crippen LogP contribution is -2.26. The summed E-state index contributed by atoms with van der Waals surface area (Å²) in [6.07, 6.45) is 8.64. The quantitative estimate of drug-likeness (QED) is 0.345. The van der Waals surface area contributed by atoms with Gasteiger partial charge in [0, 0.05) is 0 Å². The second kappa shape index (κ2) is 15.4. The molecule has 0 N–H and O–H groups in total. The summed E-state index contributed by atoms with van der Waals surface area (Å²) in [7, 11) is 0. The van der Waals surface area contributed by atoms with Crippen LogP contribution < -0.4 is 0 Å².